The van der Waals surface area contributed by atoms with Crippen molar-refractivity contribution >= 4 is 29.1 Å². The highest BCUT2D eigenvalue weighted by molar-refractivity contribution is 5.85. The van der Waals surface area contributed by atoms with E-state index in [2.05, 4.69) is 15.4 Å². The maximum absolute atomic E-state index is 5.58. The number of hydrogen-bond acceptors (Lipinski definition) is 3. The molecule has 0 saturated carbocycles. The number of hydrogen-bond donors (Lipinski definition) is 2. The molecule has 0 atom stereocenters. The van der Waals surface area contributed by atoms with Crippen LogP contribution in [0.15, 0.2) is 18.2 Å². The lowest BCUT2D eigenvalue weighted by atomic mass is 10.3. The second-order valence-electron chi connectivity index (χ2n) is 2.04. The monoisotopic (exact) mass is 170 g/mol. The van der Waals surface area contributed by atoms with Crippen molar-refractivity contribution in [1.82, 2.24) is 15.4 Å². The molecule has 1 heterocycles. The first-order valence-electron chi connectivity index (χ1n) is 2.93. The van der Waals surface area contributed by atoms with Gasteiger partial charge >= 0.3 is 0 Å². The minimum Gasteiger partial charge on any atom is -0.397 e. The zero-order chi connectivity index (χ0) is 6.97. The Morgan fingerprint density at radius 1 is 1.27 bits per heavy atom. The van der Waals surface area contributed by atoms with Gasteiger partial charge in [-0.25, -0.2) is 0 Å². The number of fused-ring (bicyclic) bond motifs is 1. The third kappa shape index (κ3) is 1.12. The van der Waals surface area contributed by atoms with Crippen LogP contribution in [0.4, 0.5) is 5.69 Å². The molecule has 0 radical (unpaired) electrons. The molecule has 0 saturated heterocycles. The first-order valence-corrected chi connectivity index (χ1v) is 2.93. The van der Waals surface area contributed by atoms with Gasteiger partial charge in [0.1, 0.15) is 11.0 Å². The maximum Gasteiger partial charge on any atom is 0.135 e. The second kappa shape index (κ2) is 2.75. The Morgan fingerprint density at radius 2 is 2.09 bits per heavy atom. The van der Waals surface area contributed by atoms with Gasteiger partial charge in [0, 0.05) is 0 Å². The number of H-pyrrole nitrogens is 1. The fourth-order valence-corrected chi connectivity index (χ4v) is 0.890. The number of benzene rings is 1. The quantitative estimate of drug-likeness (QED) is 0.579. The molecule has 2 rings (SSSR count). The smallest absolute Gasteiger partial charge is 0.135 e. The first kappa shape index (κ1) is 7.81. The number of nitrogens with one attached hydrogen (secondary N) is 1. The Kier molecular flexibility index (Phi) is 1.96. The zero-order valence-electron chi connectivity index (χ0n) is 5.61. The molecule has 0 bridgehead atoms. The van der Waals surface area contributed by atoms with Crippen LogP contribution in [0.3, 0.4) is 0 Å². The minimum atomic E-state index is 0. The Hall–Kier alpha value is -1.29. The number of nitrogen functional groups attached to an aromatic ring is 1. The summed E-state index contributed by atoms with van der Waals surface area (Å²) in [6.45, 7) is 0. The number of anilines is 1. The van der Waals surface area contributed by atoms with Crippen molar-refractivity contribution in [3.63, 3.8) is 0 Å². The molecule has 0 aliphatic carbocycles. The van der Waals surface area contributed by atoms with Gasteiger partial charge in [0.15, 0.2) is 0 Å². The Bertz CT molecular complexity index is 356. The van der Waals surface area contributed by atoms with E-state index in [-0.39, 0.29) is 12.4 Å². The molecule has 3 N–H and O–H groups in total. The molecule has 1 aromatic heterocycles. The van der Waals surface area contributed by atoms with Crippen LogP contribution >= 0.6 is 12.4 Å². The number of nitrogens with zero attached hydrogens (tertiary/aromatic N) is 2. The highest BCUT2D eigenvalue weighted by Crippen LogP contribution is 2.13. The summed E-state index contributed by atoms with van der Waals surface area (Å²) in [6, 6.07) is 5.50. The molecule has 11 heavy (non-hydrogen) atoms. The van der Waals surface area contributed by atoms with Crippen molar-refractivity contribution in [3.05, 3.63) is 18.2 Å². The lowest BCUT2D eigenvalue weighted by Crippen LogP contribution is -1.84. The average Bonchev–Trinajstić information content (AvgIpc) is 2.36. The van der Waals surface area contributed by atoms with Gasteiger partial charge in [-0.2, -0.15) is 15.4 Å². The average molecular weight is 171 g/mol. The van der Waals surface area contributed by atoms with Crippen molar-refractivity contribution in [2.75, 3.05) is 5.73 Å². The number of aromatic nitrogens is 3. The molecule has 0 aliphatic heterocycles. The molecule has 58 valence electrons. The van der Waals surface area contributed by atoms with Gasteiger partial charge in [-0.15, -0.1) is 12.4 Å². The Balaban J connectivity index is 0.000000605. The van der Waals surface area contributed by atoms with Crippen LogP contribution in [0.5, 0.6) is 0 Å². The van der Waals surface area contributed by atoms with E-state index in [4.69, 9.17) is 5.73 Å². The Morgan fingerprint density at radius 3 is 2.82 bits per heavy atom. The number of para-hydroxylation sites is 1. The van der Waals surface area contributed by atoms with Crippen molar-refractivity contribution in [2.45, 2.75) is 0 Å². The molecular weight excluding hydrogens is 164 g/mol. The predicted molar refractivity (Wildman–Crippen MR) is 45.5 cm³/mol. The SMILES string of the molecule is Cl.Nc1cccc2n[nH]nc12. The van der Waals surface area contributed by atoms with Gasteiger partial charge in [-0.1, -0.05) is 6.07 Å². The van der Waals surface area contributed by atoms with E-state index in [0.29, 0.717) is 5.69 Å². The summed E-state index contributed by atoms with van der Waals surface area (Å²) in [6.07, 6.45) is 0. The fourth-order valence-electron chi connectivity index (χ4n) is 0.890. The van der Waals surface area contributed by atoms with Crippen LogP contribution in [0.25, 0.3) is 11.0 Å². The lowest BCUT2D eigenvalue weighted by Gasteiger charge is -1.88. The third-order valence-electron chi connectivity index (χ3n) is 1.38. The van der Waals surface area contributed by atoms with Gasteiger partial charge in [0.05, 0.1) is 5.69 Å². The van der Waals surface area contributed by atoms with E-state index in [1.807, 2.05) is 12.1 Å². The van der Waals surface area contributed by atoms with Gasteiger partial charge in [-0.3, -0.25) is 0 Å². The molecule has 0 aliphatic rings. The van der Waals surface area contributed by atoms with Crippen molar-refractivity contribution in [3.8, 4) is 0 Å². The summed E-state index contributed by atoms with van der Waals surface area (Å²) >= 11 is 0. The minimum absolute atomic E-state index is 0. The molecule has 5 heteroatoms. The summed E-state index contributed by atoms with van der Waals surface area (Å²) in [5.41, 5.74) is 7.78. The fraction of sp³-hybridized carbons (Fsp3) is 0. The molecule has 0 fully saturated rings. The van der Waals surface area contributed by atoms with Crippen molar-refractivity contribution in [2.24, 2.45) is 0 Å². The van der Waals surface area contributed by atoms with E-state index in [9.17, 15) is 0 Å². The van der Waals surface area contributed by atoms with Gasteiger partial charge in [-0.05, 0) is 12.1 Å². The highest BCUT2D eigenvalue weighted by Gasteiger charge is 1.98. The summed E-state index contributed by atoms with van der Waals surface area (Å²) < 4.78 is 0. The summed E-state index contributed by atoms with van der Waals surface area (Å²) in [7, 11) is 0. The number of rotatable bonds is 0. The van der Waals surface area contributed by atoms with Gasteiger partial charge in [0.2, 0.25) is 0 Å². The molecule has 4 nitrogen and oxygen atoms in total. The van der Waals surface area contributed by atoms with Crippen LogP contribution < -0.4 is 5.73 Å². The summed E-state index contributed by atoms with van der Waals surface area (Å²) in [5.74, 6) is 0. The van der Waals surface area contributed by atoms with Crippen molar-refractivity contribution in [1.29, 1.82) is 0 Å². The maximum atomic E-state index is 5.58. The van der Waals surface area contributed by atoms with Crippen LogP contribution in [0.2, 0.25) is 0 Å². The van der Waals surface area contributed by atoms with Gasteiger partial charge in [0.25, 0.3) is 0 Å². The van der Waals surface area contributed by atoms with Crippen LogP contribution in [-0.4, -0.2) is 15.4 Å². The predicted octanol–water partition coefficient (Wildman–Crippen LogP) is 0.962. The van der Waals surface area contributed by atoms with E-state index >= 15 is 0 Å². The molecule has 0 unspecified atom stereocenters. The van der Waals surface area contributed by atoms with E-state index in [0.717, 1.165) is 11.0 Å². The number of nitrogens with two attached hydrogens (primary N) is 1. The largest absolute Gasteiger partial charge is 0.397 e. The van der Waals surface area contributed by atoms with Crippen LogP contribution in [0, 0.1) is 0 Å². The van der Waals surface area contributed by atoms with Crippen LogP contribution in [0.1, 0.15) is 0 Å². The molecule has 0 spiro atoms. The van der Waals surface area contributed by atoms with E-state index < -0.39 is 0 Å². The lowest BCUT2D eigenvalue weighted by molar-refractivity contribution is 0.960. The molecule has 1 aromatic carbocycles. The Labute approximate surface area is 69.2 Å². The normalized spacial score (nSPS) is 9.45. The topological polar surface area (TPSA) is 67.6 Å². The van der Waals surface area contributed by atoms with Gasteiger partial charge < -0.3 is 5.73 Å². The van der Waals surface area contributed by atoms with E-state index in [1.165, 1.54) is 0 Å². The standard InChI is InChI=1S/C6H6N4.ClH/c7-4-2-1-3-5-6(4)9-10-8-5;/h1-3H,7H2,(H,8,9,10);1H. The molecule has 0 amide bonds. The van der Waals surface area contributed by atoms with Crippen molar-refractivity contribution < 1.29 is 0 Å². The zero-order valence-corrected chi connectivity index (χ0v) is 6.43. The molecular formula is C6H7ClN4. The summed E-state index contributed by atoms with van der Waals surface area (Å²) in [4.78, 5) is 0. The summed E-state index contributed by atoms with van der Waals surface area (Å²) in [5, 5.41) is 10.2. The van der Waals surface area contributed by atoms with Crippen LogP contribution in [-0.2, 0) is 0 Å². The third-order valence-corrected chi connectivity index (χ3v) is 1.38. The second-order valence-corrected chi connectivity index (χ2v) is 2.04. The van der Waals surface area contributed by atoms with E-state index in [1.54, 1.807) is 6.07 Å². The number of halogens is 1. The highest BCUT2D eigenvalue weighted by atomic mass is 35.5. The molecule has 2 aromatic rings. The first-order chi connectivity index (χ1) is 4.88. The number of aromatic amines is 1.